The number of hydrogen-bond acceptors (Lipinski definition) is 6. The van der Waals surface area contributed by atoms with Crippen molar-refractivity contribution >= 4 is 12.0 Å². The number of aliphatic hydroxyl groups is 1. The van der Waals surface area contributed by atoms with E-state index in [0.717, 1.165) is 37.9 Å². The van der Waals surface area contributed by atoms with Gasteiger partial charge < -0.3 is 24.4 Å². The summed E-state index contributed by atoms with van der Waals surface area (Å²) < 4.78 is 11.6. The second-order valence-electron chi connectivity index (χ2n) is 11.7. The van der Waals surface area contributed by atoms with Crippen LogP contribution < -0.4 is 4.74 Å². The first-order valence-electron chi connectivity index (χ1n) is 13.7. The molecule has 3 aliphatic rings. The zero-order chi connectivity index (χ0) is 26.9. The lowest BCUT2D eigenvalue weighted by Crippen LogP contribution is -2.46. The fraction of sp³-hybridized carbons (Fsp3) is 0.533. The number of rotatable bonds is 6. The van der Waals surface area contributed by atoms with Crippen LogP contribution in [0.1, 0.15) is 54.2 Å². The van der Waals surface area contributed by atoms with E-state index in [0.29, 0.717) is 44.0 Å². The van der Waals surface area contributed by atoms with Crippen molar-refractivity contribution in [3.8, 4) is 5.75 Å². The highest BCUT2D eigenvalue weighted by molar-refractivity contribution is 5.97. The van der Waals surface area contributed by atoms with Gasteiger partial charge in [-0.1, -0.05) is 24.3 Å². The first-order valence-corrected chi connectivity index (χ1v) is 13.7. The Morgan fingerprint density at radius 2 is 1.79 bits per heavy atom. The zero-order valence-corrected chi connectivity index (χ0v) is 22.7. The lowest BCUT2D eigenvalue weighted by atomic mass is 9.98. The van der Waals surface area contributed by atoms with E-state index in [9.17, 15) is 14.7 Å². The molecule has 5 rings (SSSR count). The van der Waals surface area contributed by atoms with Crippen LogP contribution in [0.2, 0.25) is 0 Å². The van der Waals surface area contributed by atoms with E-state index >= 15 is 0 Å². The number of carbonyl (C=O) groups is 2. The highest BCUT2D eigenvalue weighted by atomic mass is 16.6. The van der Waals surface area contributed by atoms with Crippen molar-refractivity contribution in [3.63, 3.8) is 0 Å². The van der Waals surface area contributed by atoms with Gasteiger partial charge in [0, 0.05) is 51.3 Å². The molecule has 1 saturated heterocycles. The summed E-state index contributed by atoms with van der Waals surface area (Å²) in [5, 5.41) is 10.8. The molecule has 2 aromatic rings. The monoisotopic (exact) mass is 521 g/mol. The summed E-state index contributed by atoms with van der Waals surface area (Å²) in [6.45, 7) is 9.88. The lowest BCUT2D eigenvalue weighted by molar-refractivity contribution is 0.0275. The molecule has 0 bridgehead atoms. The molecular weight excluding hydrogens is 482 g/mol. The minimum Gasteiger partial charge on any atom is -0.489 e. The maximum absolute atomic E-state index is 13.2. The molecule has 2 unspecified atom stereocenters. The maximum Gasteiger partial charge on any atom is 0.410 e. The van der Waals surface area contributed by atoms with Gasteiger partial charge in [-0.2, -0.15) is 0 Å². The van der Waals surface area contributed by atoms with E-state index in [1.54, 1.807) is 9.80 Å². The average molecular weight is 522 g/mol. The predicted octanol–water partition coefficient (Wildman–Crippen LogP) is 3.49. The van der Waals surface area contributed by atoms with Crippen LogP contribution in [0.4, 0.5) is 4.79 Å². The Hall–Kier alpha value is -3.10. The molecule has 1 fully saturated rings. The van der Waals surface area contributed by atoms with Crippen LogP contribution in [0.3, 0.4) is 0 Å². The third-order valence-corrected chi connectivity index (χ3v) is 7.45. The largest absolute Gasteiger partial charge is 0.489 e. The topological polar surface area (TPSA) is 82.5 Å². The van der Waals surface area contributed by atoms with E-state index in [4.69, 9.17) is 9.47 Å². The molecule has 3 heterocycles. The Kier molecular flexibility index (Phi) is 7.63. The van der Waals surface area contributed by atoms with E-state index in [-0.39, 0.29) is 18.1 Å². The van der Waals surface area contributed by atoms with Crippen LogP contribution in [0, 0.1) is 0 Å². The highest BCUT2D eigenvalue weighted by Crippen LogP contribution is 2.27. The molecule has 204 valence electrons. The minimum atomic E-state index is -0.594. The second-order valence-corrected chi connectivity index (χ2v) is 11.7. The van der Waals surface area contributed by atoms with Gasteiger partial charge in [-0.05, 0) is 68.5 Å². The molecule has 1 N–H and O–H groups in total. The van der Waals surface area contributed by atoms with Crippen LogP contribution in [-0.2, 0) is 24.1 Å². The zero-order valence-electron chi connectivity index (χ0n) is 22.7. The first-order chi connectivity index (χ1) is 18.1. The molecule has 0 saturated carbocycles. The number of carbonyl (C=O) groups excluding carboxylic acids is 2. The number of hydrogen-bond donors (Lipinski definition) is 1. The van der Waals surface area contributed by atoms with Gasteiger partial charge in [0.05, 0.1) is 12.6 Å². The average Bonchev–Trinajstić information content (AvgIpc) is 3.33. The van der Waals surface area contributed by atoms with Crippen LogP contribution in [0.15, 0.2) is 42.5 Å². The van der Waals surface area contributed by atoms with Crippen molar-refractivity contribution in [2.45, 2.75) is 64.4 Å². The standard InChI is InChI=1S/C30H39N3O5/c1-30(2,3)38-29(36)33-15-12-26(20-33)37-25-8-9-27-22(16-25)11-14-32(28(27)35)19-24(34)18-31-13-10-21-6-4-5-7-23(21)17-31/h4-9,16,24,26,34H,10-15,17-20H2,1-3H3. The normalized spacial score (nSPS) is 20.6. The fourth-order valence-corrected chi connectivity index (χ4v) is 5.59. The van der Waals surface area contributed by atoms with Gasteiger partial charge in [-0.25, -0.2) is 4.79 Å². The molecule has 3 aliphatic heterocycles. The van der Waals surface area contributed by atoms with Crippen molar-refractivity contribution in [2.24, 2.45) is 0 Å². The molecular formula is C30H39N3O5. The number of likely N-dealkylation sites (tertiary alicyclic amines) is 1. The summed E-state index contributed by atoms with van der Waals surface area (Å²) in [6, 6.07) is 14.1. The number of fused-ring (bicyclic) bond motifs is 2. The van der Waals surface area contributed by atoms with Gasteiger partial charge in [0.2, 0.25) is 0 Å². The minimum absolute atomic E-state index is 0.0437. The molecule has 0 radical (unpaired) electrons. The summed E-state index contributed by atoms with van der Waals surface area (Å²) in [5.41, 5.74) is 3.82. The second kappa shape index (κ2) is 10.9. The molecule has 8 nitrogen and oxygen atoms in total. The summed E-state index contributed by atoms with van der Waals surface area (Å²) in [7, 11) is 0. The van der Waals surface area contributed by atoms with Crippen LogP contribution in [-0.4, -0.2) is 88.9 Å². The smallest absolute Gasteiger partial charge is 0.410 e. The third-order valence-electron chi connectivity index (χ3n) is 7.45. The van der Waals surface area contributed by atoms with Gasteiger partial charge in [-0.15, -0.1) is 0 Å². The summed E-state index contributed by atoms with van der Waals surface area (Å²) in [6.07, 6.45) is 1.44. The van der Waals surface area contributed by atoms with Gasteiger partial charge in [-0.3, -0.25) is 9.69 Å². The van der Waals surface area contributed by atoms with Gasteiger partial charge in [0.15, 0.2) is 0 Å². The molecule has 0 spiro atoms. The summed E-state index contributed by atoms with van der Waals surface area (Å²) >= 11 is 0. The quantitative estimate of drug-likeness (QED) is 0.627. The van der Waals surface area contributed by atoms with Crippen molar-refractivity contribution in [3.05, 3.63) is 64.7 Å². The van der Waals surface area contributed by atoms with E-state index in [1.807, 2.05) is 39.0 Å². The molecule has 0 aromatic heterocycles. The fourth-order valence-electron chi connectivity index (χ4n) is 5.59. The Bertz CT molecular complexity index is 1180. The Balaban J connectivity index is 1.13. The molecule has 38 heavy (non-hydrogen) atoms. The number of β-amino-alcohol motifs (C(OH)–C–C–N with tert-alkyl or cyclic N) is 1. The van der Waals surface area contributed by atoms with E-state index < -0.39 is 11.7 Å². The number of benzene rings is 2. The van der Waals surface area contributed by atoms with Gasteiger partial charge in [0.25, 0.3) is 5.91 Å². The molecule has 2 amide bonds. The van der Waals surface area contributed by atoms with E-state index in [1.165, 1.54) is 11.1 Å². The summed E-state index contributed by atoms with van der Waals surface area (Å²) in [5.74, 6) is 0.671. The molecule has 0 aliphatic carbocycles. The van der Waals surface area contributed by atoms with Crippen LogP contribution in [0.5, 0.6) is 5.75 Å². The molecule has 8 heteroatoms. The number of ether oxygens (including phenoxy) is 2. The summed E-state index contributed by atoms with van der Waals surface area (Å²) in [4.78, 5) is 31.3. The third kappa shape index (κ3) is 6.30. The number of aliphatic hydroxyl groups excluding tert-OH is 1. The number of nitrogens with zero attached hydrogens (tertiary/aromatic N) is 3. The maximum atomic E-state index is 13.2. The van der Waals surface area contributed by atoms with Crippen LogP contribution >= 0.6 is 0 Å². The van der Waals surface area contributed by atoms with Crippen molar-refractivity contribution in [2.75, 3.05) is 39.3 Å². The van der Waals surface area contributed by atoms with Crippen molar-refractivity contribution in [1.29, 1.82) is 0 Å². The van der Waals surface area contributed by atoms with Crippen molar-refractivity contribution in [1.82, 2.24) is 14.7 Å². The van der Waals surface area contributed by atoms with Gasteiger partial charge in [0.1, 0.15) is 17.5 Å². The van der Waals surface area contributed by atoms with Gasteiger partial charge >= 0.3 is 6.09 Å². The molecule has 2 atom stereocenters. The Morgan fingerprint density at radius 3 is 2.58 bits per heavy atom. The first kappa shape index (κ1) is 26.5. The van der Waals surface area contributed by atoms with Crippen molar-refractivity contribution < 1.29 is 24.2 Å². The predicted molar refractivity (Wildman–Crippen MR) is 144 cm³/mol. The lowest BCUT2D eigenvalue weighted by Gasteiger charge is -2.34. The highest BCUT2D eigenvalue weighted by Gasteiger charge is 2.32. The molecule has 2 aromatic carbocycles. The number of amides is 2. The Morgan fingerprint density at radius 1 is 1.03 bits per heavy atom. The SMILES string of the molecule is CC(C)(C)OC(=O)N1CCC(Oc2ccc3c(c2)CCN(CC(O)CN2CCc4ccccc4C2)C3=O)C1. The van der Waals surface area contributed by atoms with E-state index in [2.05, 4.69) is 29.2 Å². The Labute approximate surface area is 225 Å². The van der Waals surface area contributed by atoms with Crippen LogP contribution in [0.25, 0.3) is 0 Å².